The van der Waals surface area contributed by atoms with Crippen molar-refractivity contribution >= 4 is 17.8 Å². The Labute approximate surface area is 168 Å². The molecule has 1 fully saturated rings. The first-order chi connectivity index (χ1) is 13.3. The SMILES string of the molecule is CC(C)(C)OC(=O)CON(Cc1ccc(F)cc1)C(=O)C=C1OC(C)(C)OC1=O. The van der Waals surface area contributed by atoms with E-state index in [9.17, 15) is 18.8 Å². The first-order valence-electron chi connectivity index (χ1n) is 8.89. The molecule has 1 aromatic rings. The maximum atomic E-state index is 13.1. The Morgan fingerprint density at radius 1 is 1.17 bits per heavy atom. The van der Waals surface area contributed by atoms with Crippen LogP contribution < -0.4 is 0 Å². The van der Waals surface area contributed by atoms with E-state index in [0.29, 0.717) is 5.56 Å². The largest absolute Gasteiger partial charge is 0.458 e. The molecule has 0 aromatic heterocycles. The lowest BCUT2D eigenvalue weighted by Gasteiger charge is -2.23. The molecule has 0 N–H and O–H groups in total. The smallest absolute Gasteiger partial charge is 0.377 e. The molecule has 29 heavy (non-hydrogen) atoms. The van der Waals surface area contributed by atoms with Crippen molar-refractivity contribution in [3.8, 4) is 0 Å². The van der Waals surface area contributed by atoms with E-state index in [4.69, 9.17) is 19.0 Å². The fraction of sp³-hybridized carbons (Fsp3) is 0.450. The van der Waals surface area contributed by atoms with Gasteiger partial charge in [0.1, 0.15) is 11.4 Å². The standard InChI is InChI=1S/C20H24FNO7/c1-19(2,3)28-17(24)12-26-22(11-13-6-8-14(21)9-7-13)16(23)10-15-18(25)29-20(4,5)27-15/h6-10H,11-12H2,1-5H3. The van der Waals surface area contributed by atoms with Crippen molar-refractivity contribution in [2.75, 3.05) is 6.61 Å². The number of hydrogen-bond donors (Lipinski definition) is 0. The van der Waals surface area contributed by atoms with Crippen LogP contribution in [0.25, 0.3) is 0 Å². The fourth-order valence-electron chi connectivity index (χ4n) is 2.32. The van der Waals surface area contributed by atoms with Crippen molar-refractivity contribution in [1.82, 2.24) is 5.06 Å². The third-order valence-electron chi connectivity index (χ3n) is 3.39. The van der Waals surface area contributed by atoms with Gasteiger partial charge in [-0.1, -0.05) is 12.1 Å². The van der Waals surface area contributed by atoms with Crippen LogP contribution in [0.15, 0.2) is 36.1 Å². The topological polar surface area (TPSA) is 91.4 Å². The van der Waals surface area contributed by atoms with Crippen LogP contribution in [0.5, 0.6) is 0 Å². The van der Waals surface area contributed by atoms with Gasteiger partial charge < -0.3 is 14.2 Å². The molecule has 0 radical (unpaired) electrons. The molecule has 0 aliphatic carbocycles. The lowest BCUT2D eigenvalue weighted by molar-refractivity contribution is -0.198. The number of amides is 1. The van der Waals surface area contributed by atoms with Gasteiger partial charge >= 0.3 is 11.9 Å². The maximum absolute atomic E-state index is 13.1. The highest BCUT2D eigenvalue weighted by Crippen LogP contribution is 2.26. The van der Waals surface area contributed by atoms with Crippen molar-refractivity contribution in [3.05, 3.63) is 47.5 Å². The molecule has 0 bridgehead atoms. The van der Waals surface area contributed by atoms with Gasteiger partial charge in [-0.25, -0.2) is 19.0 Å². The van der Waals surface area contributed by atoms with Crippen LogP contribution in [0.4, 0.5) is 4.39 Å². The van der Waals surface area contributed by atoms with Gasteiger partial charge in [0.05, 0.1) is 12.6 Å². The molecule has 2 rings (SSSR count). The van der Waals surface area contributed by atoms with Crippen molar-refractivity contribution in [3.63, 3.8) is 0 Å². The van der Waals surface area contributed by atoms with E-state index in [-0.39, 0.29) is 12.3 Å². The quantitative estimate of drug-likeness (QED) is 0.405. The molecule has 1 aliphatic rings. The van der Waals surface area contributed by atoms with Gasteiger partial charge in [-0.3, -0.25) is 9.63 Å². The molecule has 1 aromatic carbocycles. The first-order valence-corrected chi connectivity index (χ1v) is 8.89. The van der Waals surface area contributed by atoms with Crippen molar-refractivity contribution < 1.29 is 37.8 Å². The highest BCUT2D eigenvalue weighted by molar-refractivity contribution is 5.97. The summed E-state index contributed by atoms with van der Waals surface area (Å²) in [7, 11) is 0. The number of carbonyl (C=O) groups is 3. The lowest BCUT2D eigenvalue weighted by Crippen LogP contribution is -2.34. The van der Waals surface area contributed by atoms with E-state index in [0.717, 1.165) is 11.1 Å². The zero-order valence-corrected chi connectivity index (χ0v) is 17.0. The zero-order chi connectivity index (χ0) is 21.8. The van der Waals surface area contributed by atoms with Gasteiger partial charge in [0, 0.05) is 13.8 Å². The van der Waals surface area contributed by atoms with Gasteiger partial charge in [-0.2, -0.15) is 0 Å². The number of benzene rings is 1. The van der Waals surface area contributed by atoms with Crippen LogP contribution in [-0.4, -0.2) is 40.9 Å². The van der Waals surface area contributed by atoms with Gasteiger partial charge in [0.2, 0.25) is 11.5 Å². The number of hydroxylamine groups is 2. The third kappa shape index (κ3) is 7.19. The summed E-state index contributed by atoms with van der Waals surface area (Å²) in [5.74, 6) is -4.15. The Kier molecular flexibility index (Phi) is 6.63. The first kappa shape index (κ1) is 22.4. The summed E-state index contributed by atoms with van der Waals surface area (Å²) in [5.41, 5.74) is -0.182. The third-order valence-corrected chi connectivity index (χ3v) is 3.39. The highest BCUT2D eigenvalue weighted by atomic mass is 19.1. The number of carbonyl (C=O) groups excluding carboxylic acids is 3. The minimum atomic E-state index is -1.19. The number of nitrogens with zero attached hydrogens (tertiary/aromatic N) is 1. The monoisotopic (exact) mass is 409 g/mol. The number of hydrogen-bond acceptors (Lipinski definition) is 7. The molecule has 0 unspecified atom stereocenters. The lowest BCUT2D eigenvalue weighted by atomic mass is 10.2. The van der Waals surface area contributed by atoms with Gasteiger partial charge in [-0.15, -0.1) is 0 Å². The molecule has 0 spiro atoms. The summed E-state index contributed by atoms with van der Waals surface area (Å²) in [4.78, 5) is 41.7. The molecule has 1 aliphatic heterocycles. The Bertz CT molecular complexity index is 809. The molecular weight excluding hydrogens is 385 g/mol. The van der Waals surface area contributed by atoms with E-state index in [1.165, 1.54) is 38.1 Å². The Balaban J connectivity index is 2.14. The van der Waals surface area contributed by atoms with E-state index < -0.39 is 41.7 Å². The second-order valence-electron chi connectivity index (χ2n) is 7.76. The predicted molar refractivity (Wildman–Crippen MR) is 98.1 cm³/mol. The molecule has 9 heteroatoms. The molecule has 0 atom stereocenters. The minimum absolute atomic E-state index is 0.107. The summed E-state index contributed by atoms with van der Waals surface area (Å²) in [5, 5.41) is 0.853. The molecule has 158 valence electrons. The van der Waals surface area contributed by atoms with Crippen molar-refractivity contribution in [1.29, 1.82) is 0 Å². The van der Waals surface area contributed by atoms with E-state index >= 15 is 0 Å². The predicted octanol–water partition coefficient (Wildman–Crippen LogP) is 2.62. The molecule has 8 nitrogen and oxygen atoms in total. The number of rotatable bonds is 6. The zero-order valence-electron chi connectivity index (χ0n) is 17.0. The summed E-state index contributed by atoms with van der Waals surface area (Å²) in [6.07, 6.45) is 0.912. The van der Waals surface area contributed by atoms with Crippen LogP contribution in [0, 0.1) is 5.82 Å². The van der Waals surface area contributed by atoms with Gasteiger partial charge in [-0.05, 0) is 38.5 Å². The summed E-state index contributed by atoms with van der Waals surface area (Å²) in [6, 6.07) is 5.38. The van der Waals surface area contributed by atoms with Crippen LogP contribution in [0.2, 0.25) is 0 Å². The number of ether oxygens (including phenoxy) is 3. The molecule has 0 saturated carbocycles. The van der Waals surface area contributed by atoms with Crippen LogP contribution in [0.1, 0.15) is 40.2 Å². The second kappa shape index (κ2) is 8.60. The van der Waals surface area contributed by atoms with Gasteiger partial charge in [0.15, 0.2) is 6.61 Å². The van der Waals surface area contributed by atoms with Crippen LogP contribution in [-0.2, 0) is 40.0 Å². The van der Waals surface area contributed by atoms with Gasteiger partial charge in [0.25, 0.3) is 5.91 Å². The molecule has 1 heterocycles. The van der Waals surface area contributed by atoms with Crippen LogP contribution >= 0.6 is 0 Å². The summed E-state index contributed by atoms with van der Waals surface area (Å²) in [6.45, 7) is 7.48. The van der Waals surface area contributed by atoms with Crippen molar-refractivity contribution in [2.45, 2.75) is 52.6 Å². The Morgan fingerprint density at radius 2 is 1.79 bits per heavy atom. The summed E-state index contributed by atoms with van der Waals surface area (Å²) >= 11 is 0. The average Bonchev–Trinajstić information content (AvgIpc) is 2.83. The summed E-state index contributed by atoms with van der Waals surface area (Å²) < 4.78 is 28.5. The van der Waals surface area contributed by atoms with Crippen molar-refractivity contribution in [2.24, 2.45) is 0 Å². The van der Waals surface area contributed by atoms with E-state index in [1.807, 2.05) is 0 Å². The second-order valence-corrected chi connectivity index (χ2v) is 7.76. The van der Waals surface area contributed by atoms with Crippen LogP contribution in [0.3, 0.4) is 0 Å². The Hall–Kier alpha value is -2.94. The highest BCUT2D eigenvalue weighted by Gasteiger charge is 2.38. The molecule has 1 saturated heterocycles. The van der Waals surface area contributed by atoms with E-state index in [1.54, 1.807) is 20.8 Å². The maximum Gasteiger partial charge on any atom is 0.377 e. The fourth-order valence-corrected chi connectivity index (χ4v) is 2.32. The average molecular weight is 409 g/mol. The number of cyclic esters (lactones) is 1. The minimum Gasteiger partial charge on any atom is -0.458 e. The Morgan fingerprint density at radius 3 is 2.31 bits per heavy atom. The number of halogens is 1. The number of esters is 2. The molecular formula is C20H24FNO7. The normalized spacial score (nSPS) is 16.9. The van der Waals surface area contributed by atoms with E-state index in [2.05, 4.69) is 0 Å². The molecule has 1 amide bonds.